The summed E-state index contributed by atoms with van der Waals surface area (Å²) in [7, 11) is 0. The topological polar surface area (TPSA) is 34.1 Å². The van der Waals surface area contributed by atoms with Crippen molar-refractivity contribution in [1.82, 2.24) is 0 Å². The molecule has 0 saturated heterocycles. The lowest BCUT2D eigenvalue weighted by molar-refractivity contribution is -0.108. The molecule has 13 heavy (non-hydrogen) atoms. The lowest BCUT2D eigenvalue weighted by Crippen LogP contribution is -1.99. The van der Waals surface area contributed by atoms with E-state index in [-0.39, 0.29) is 5.56 Å². The van der Waals surface area contributed by atoms with Crippen molar-refractivity contribution in [1.29, 1.82) is 0 Å². The van der Waals surface area contributed by atoms with Crippen LogP contribution < -0.4 is 0 Å². The molecular formula is C10H9FO2. The summed E-state index contributed by atoms with van der Waals surface area (Å²) in [5.74, 6) is -0.982. The van der Waals surface area contributed by atoms with Gasteiger partial charge in [0.1, 0.15) is 18.4 Å². The molecule has 0 N–H and O–H groups in total. The smallest absolute Gasteiger partial charge is 0.150 e. The Morgan fingerprint density at radius 1 is 1.38 bits per heavy atom. The fourth-order valence-electron chi connectivity index (χ4n) is 1.06. The number of carbonyl (C=O) groups excluding carboxylic acids is 2. The number of hydrogen-bond donors (Lipinski definition) is 0. The molecule has 3 heteroatoms. The molecule has 0 aliphatic rings. The summed E-state index contributed by atoms with van der Waals surface area (Å²) in [6.07, 6.45) is 1.23. The second-order valence-electron chi connectivity index (χ2n) is 2.82. The Bertz CT molecular complexity index is 334. The van der Waals surface area contributed by atoms with Crippen LogP contribution in [-0.2, 0) is 4.79 Å². The number of carbonyl (C=O) groups is 2. The van der Waals surface area contributed by atoms with Crippen LogP contribution in [0, 0.1) is 5.82 Å². The van der Waals surface area contributed by atoms with E-state index < -0.39 is 11.7 Å². The number of aldehydes is 2. The second-order valence-corrected chi connectivity index (χ2v) is 2.82. The molecule has 1 aromatic rings. The predicted molar refractivity (Wildman–Crippen MR) is 46.3 cm³/mol. The summed E-state index contributed by atoms with van der Waals surface area (Å²) in [5, 5.41) is 0. The lowest BCUT2D eigenvalue weighted by atomic mass is 10.0. The van der Waals surface area contributed by atoms with Crippen LogP contribution in [0.15, 0.2) is 18.2 Å². The van der Waals surface area contributed by atoms with Crippen molar-refractivity contribution in [3.8, 4) is 0 Å². The third-order valence-electron chi connectivity index (χ3n) is 1.86. The summed E-state index contributed by atoms with van der Waals surface area (Å²) in [4.78, 5) is 20.6. The molecule has 1 aromatic carbocycles. The fourth-order valence-corrected chi connectivity index (χ4v) is 1.06. The Kier molecular flexibility index (Phi) is 2.90. The number of halogens is 1. The number of rotatable bonds is 3. The first-order valence-electron chi connectivity index (χ1n) is 3.89. The van der Waals surface area contributed by atoms with Gasteiger partial charge in [0.2, 0.25) is 0 Å². The van der Waals surface area contributed by atoms with Gasteiger partial charge in [0.05, 0.1) is 0 Å². The minimum atomic E-state index is -0.510. The van der Waals surface area contributed by atoms with Crippen LogP contribution in [0.1, 0.15) is 28.8 Å². The van der Waals surface area contributed by atoms with E-state index in [9.17, 15) is 14.0 Å². The maximum Gasteiger partial charge on any atom is 0.150 e. The summed E-state index contributed by atoms with van der Waals surface area (Å²) in [5.41, 5.74) is 0.597. The van der Waals surface area contributed by atoms with Crippen LogP contribution in [0.3, 0.4) is 0 Å². The Morgan fingerprint density at radius 3 is 2.54 bits per heavy atom. The minimum absolute atomic E-state index is 0.277. The molecule has 0 aliphatic carbocycles. The second kappa shape index (κ2) is 3.94. The van der Waals surface area contributed by atoms with Crippen molar-refractivity contribution in [2.45, 2.75) is 12.8 Å². The van der Waals surface area contributed by atoms with Gasteiger partial charge >= 0.3 is 0 Å². The highest BCUT2D eigenvalue weighted by Crippen LogP contribution is 2.17. The van der Waals surface area contributed by atoms with Gasteiger partial charge < -0.3 is 4.79 Å². The Balaban J connectivity index is 3.11. The maximum absolute atomic E-state index is 13.2. The zero-order chi connectivity index (χ0) is 9.84. The monoisotopic (exact) mass is 180 g/mol. The van der Waals surface area contributed by atoms with Gasteiger partial charge in [0.25, 0.3) is 0 Å². The molecule has 0 spiro atoms. The van der Waals surface area contributed by atoms with Gasteiger partial charge in [-0.15, -0.1) is 0 Å². The average Bonchev–Trinajstić information content (AvgIpc) is 2.16. The van der Waals surface area contributed by atoms with Crippen LogP contribution in [0.2, 0.25) is 0 Å². The molecule has 0 saturated carbocycles. The van der Waals surface area contributed by atoms with E-state index in [0.717, 1.165) is 6.07 Å². The first-order valence-corrected chi connectivity index (χ1v) is 3.89. The van der Waals surface area contributed by atoms with Gasteiger partial charge in [0, 0.05) is 11.5 Å². The van der Waals surface area contributed by atoms with E-state index in [1.165, 1.54) is 12.1 Å². The van der Waals surface area contributed by atoms with E-state index in [1.807, 2.05) is 0 Å². The van der Waals surface area contributed by atoms with E-state index in [1.54, 1.807) is 6.92 Å². The number of benzene rings is 1. The van der Waals surface area contributed by atoms with E-state index in [4.69, 9.17) is 0 Å². The largest absolute Gasteiger partial charge is 0.303 e. The molecule has 0 fully saturated rings. The summed E-state index contributed by atoms with van der Waals surface area (Å²) < 4.78 is 13.2. The third kappa shape index (κ3) is 1.99. The van der Waals surface area contributed by atoms with Crippen LogP contribution in [0.25, 0.3) is 0 Å². The van der Waals surface area contributed by atoms with Gasteiger partial charge in [0.15, 0.2) is 0 Å². The standard InChI is InChI=1S/C10H9FO2/c1-7(5-12)9-3-2-8(6-13)4-10(9)11/h2-7H,1H3. The highest BCUT2D eigenvalue weighted by molar-refractivity contribution is 5.75. The van der Waals surface area contributed by atoms with Gasteiger partial charge in [-0.25, -0.2) is 4.39 Å². The van der Waals surface area contributed by atoms with E-state index >= 15 is 0 Å². The SMILES string of the molecule is CC(C=O)c1ccc(C=O)cc1F. The minimum Gasteiger partial charge on any atom is -0.303 e. The van der Waals surface area contributed by atoms with Crippen LogP contribution in [0.5, 0.6) is 0 Å². The molecule has 0 aromatic heterocycles. The van der Waals surface area contributed by atoms with Gasteiger partial charge in [-0.05, 0) is 11.6 Å². The fraction of sp³-hybridized carbons (Fsp3) is 0.200. The highest BCUT2D eigenvalue weighted by Gasteiger charge is 2.09. The van der Waals surface area contributed by atoms with Crippen molar-refractivity contribution in [2.75, 3.05) is 0 Å². The Labute approximate surface area is 75.4 Å². The Morgan fingerprint density at radius 2 is 2.08 bits per heavy atom. The molecule has 0 heterocycles. The molecule has 0 bridgehead atoms. The first kappa shape index (κ1) is 9.58. The molecule has 0 radical (unpaired) electrons. The molecule has 0 amide bonds. The quantitative estimate of drug-likeness (QED) is 0.666. The zero-order valence-electron chi connectivity index (χ0n) is 7.16. The van der Waals surface area contributed by atoms with Gasteiger partial charge in [-0.3, -0.25) is 4.79 Å². The summed E-state index contributed by atoms with van der Waals surface area (Å²) >= 11 is 0. The van der Waals surface area contributed by atoms with Crippen LogP contribution in [-0.4, -0.2) is 12.6 Å². The summed E-state index contributed by atoms with van der Waals surface area (Å²) in [6.45, 7) is 1.60. The molecule has 0 aliphatic heterocycles. The third-order valence-corrected chi connectivity index (χ3v) is 1.86. The predicted octanol–water partition coefficient (Wildman–Crippen LogP) is 1.94. The van der Waals surface area contributed by atoms with Gasteiger partial charge in [-0.2, -0.15) is 0 Å². The van der Waals surface area contributed by atoms with Crippen molar-refractivity contribution in [3.05, 3.63) is 35.1 Å². The summed E-state index contributed by atoms with van der Waals surface area (Å²) in [6, 6.07) is 4.08. The van der Waals surface area contributed by atoms with Crippen molar-refractivity contribution < 1.29 is 14.0 Å². The Hall–Kier alpha value is -1.51. The number of hydrogen-bond acceptors (Lipinski definition) is 2. The van der Waals surface area contributed by atoms with Crippen molar-refractivity contribution >= 4 is 12.6 Å². The molecule has 68 valence electrons. The highest BCUT2D eigenvalue weighted by atomic mass is 19.1. The van der Waals surface area contributed by atoms with Crippen LogP contribution >= 0.6 is 0 Å². The molecule has 1 unspecified atom stereocenters. The van der Waals surface area contributed by atoms with Crippen LogP contribution in [0.4, 0.5) is 4.39 Å². The van der Waals surface area contributed by atoms with Gasteiger partial charge in [-0.1, -0.05) is 19.1 Å². The van der Waals surface area contributed by atoms with E-state index in [2.05, 4.69) is 0 Å². The molecule has 1 atom stereocenters. The zero-order valence-corrected chi connectivity index (χ0v) is 7.16. The first-order chi connectivity index (χ1) is 6.19. The van der Waals surface area contributed by atoms with Crippen molar-refractivity contribution in [2.24, 2.45) is 0 Å². The van der Waals surface area contributed by atoms with Crippen molar-refractivity contribution in [3.63, 3.8) is 0 Å². The van der Waals surface area contributed by atoms with E-state index in [0.29, 0.717) is 18.1 Å². The molecular weight excluding hydrogens is 171 g/mol. The lowest BCUT2D eigenvalue weighted by Gasteiger charge is -2.05. The maximum atomic E-state index is 13.2. The average molecular weight is 180 g/mol. The normalized spacial score (nSPS) is 12.2. The molecule has 2 nitrogen and oxygen atoms in total. The molecule has 1 rings (SSSR count).